The Morgan fingerprint density at radius 3 is 3.00 bits per heavy atom. The molecule has 72 valence electrons. The lowest BCUT2D eigenvalue weighted by Crippen LogP contribution is -2.00. The molecule has 1 aliphatic heterocycles. The molecule has 3 rings (SSSR count). The molecule has 2 heterocycles. The van der Waals surface area contributed by atoms with Gasteiger partial charge in [-0.1, -0.05) is 6.07 Å². The average Bonchev–Trinajstić information content (AvgIpc) is 2.77. The standard InChI is InChI=1S/C11H10FNO/c1-11(6-14-11)7-5-13-9-4-2-3-8(12)10(7)9/h2-5,13H,6H2,1H3. The molecule has 14 heavy (non-hydrogen) atoms. The van der Waals surface area contributed by atoms with Crippen molar-refractivity contribution in [3.8, 4) is 0 Å². The number of hydrogen-bond donors (Lipinski definition) is 1. The Kier molecular flexibility index (Phi) is 1.35. The van der Waals surface area contributed by atoms with Gasteiger partial charge >= 0.3 is 0 Å². The average molecular weight is 191 g/mol. The quantitative estimate of drug-likeness (QED) is 0.689. The van der Waals surface area contributed by atoms with Crippen LogP contribution < -0.4 is 0 Å². The lowest BCUT2D eigenvalue weighted by atomic mass is 10.0. The molecule has 1 fully saturated rings. The minimum atomic E-state index is -0.277. The van der Waals surface area contributed by atoms with Gasteiger partial charge in [-0.05, 0) is 19.1 Å². The van der Waals surface area contributed by atoms with Crippen molar-refractivity contribution >= 4 is 10.9 Å². The molecule has 1 aromatic carbocycles. The van der Waals surface area contributed by atoms with Crippen LogP contribution in [0.3, 0.4) is 0 Å². The number of benzene rings is 1. The van der Waals surface area contributed by atoms with Crippen LogP contribution in [0.1, 0.15) is 12.5 Å². The van der Waals surface area contributed by atoms with Crippen LogP contribution in [0.2, 0.25) is 0 Å². The molecular formula is C11H10FNO. The van der Waals surface area contributed by atoms with Gasteiger partial charge in [0.05, 0.1) is 6.61 Å². The molecule has 0 aliphatic carbocycles. The van der Waals surface area contributed by atoms with Gasteiger partial charge < -0.3 is 9.72 Å². The summed E-state index contributed by atoms with van der Waals surface area (Å²) in [7, 11) is 0. The summed E-state index contributed by atoms with van der Waals surface area (Å²) in [6, 6.07) is 5.05. The van der Waals surface area contributed by atoms with Crippen molar-refractivity contribution in [2.24, 2.45) is 0 Å². The van der Waals surface area contributed by atoms with Crippen LogP contribution in [0.25, 0.3) is 10.9 Å². The Bertz CT molecular complexity index is 499. The maximum Gasteiger partial charge on any atom is 0.132 e. The zero-order valence-corrected chi connectivity index (χ0v) is 7.80. The van der Waals surface area contributed by atoms with Gasteiger partial charge in [0, 0.05) is 22.7 Å². The van der Waals surface area contributed by atoms with Gasteiger partial charge in [-0.25, -0.2) is 4.39 Å². The fourth-order valence-corrected chi connectivity index (χ4v) is 1.82. The molecule has 0 saturated carbocycles. The normalized spacial score (nSPS) is 25.6. The topological polar surface area (TPSA) is 28.3 Å². The summed E-state index contributed by atoms with van der Waals surface area (Å²) in [6.45, 7) is 2.65. The number of aromatic nitrogens is 1. The van der Waals surface area contributed by atoms with Gasteiger partial charge in [0.1, 0.15) is 11.4 Å². The molecule has 0 radical (unpaired) electrons. The molecular weight excluding hydrogens is 181 g/mol. The first-order valence-corrected chi connectivity index (χ1v) is 4.61. The highest BCUT2D eigenvalue weighted by atomic mass is 19.1. The van der Waals surface area contributed by atoms with Crippen LogP contribution in [-0.4, -0.2) is 11.6 Å². The van der Waals surface area contributed by atoms with Gasteiger partial charge in [0.2, 0.25) is 0 Å². The molecule has 0 bridgehead atoms. The maximum atomic E-state index is 13.6. The minimum Gasteiger partial charge on any atom is -0.365 e. The van der Waals surface area contributed by atoms with E-state index >= 15 is 0 Å². The second-order valence-corrected chi connectivity index (χ2v) is 3.88. The Morgan fingerprint density at radius 1 is 1.50 bits per heavy atom. The first-order valence-electron chi connectivity index (χ1n) is 4.61. The first-order chi connectivity index (χ1) is 6.71. The number of ether oxygens (including phenoxy) is 1. The van der Waals surface area contributed by atoms with Gasteiger partial charge in [0.15, 0.2) is 0 Å². The van der Waals surface area contributed by atoms with E-state index in [1.54, 1.807) is 6.07 Å². The zero-order chi connectivity index (χ0) is 9.76. The maximum absolute atomic E-state index is 13.6. The number of aromatic amines is 1. The van der Waals surface area contributed by atoms with Gasteiger partial charge in [-0.15, -0.1) is 0 Å². The molecule has 2 aromatic rings. The number of epoxide rings is 1. The molecule has 3 heteroatoms. The first kappa shape index (κ1) is 8.00. The molecule has 1 unspecified atom stereocenters. The van der Waals surface area contributed by atoms with Crippen LogP contribution in [0, 0.1) is 5.82 Å². The van der Waals surface area contributed by atoms with Crippen LogP contribution in [0.15, 0.2) is 24.4 Å². The van der Waals surface area contributed by atoms with Crippen molar-refractivity contribution in [3.63, 3.8) is 0 Å². The molecule has 0 spiro atoms. The predicted molar refractivity (Wildman–Crippen MR) is 51.6 cm³/mol. The van der Waals surface area contributed by atoms with E-state index in [1.165, 1.54) is 6.07 Å². The number of fused-ring (bicyclic) bond motifs is 1. The number of nitrogens with one attached hydrogen (secondary N) is 1. The molecule has 0 amide bonds. The van der Waals surface area contributed by atoms with E-state index in [-0.39, 0.29) is 11.4 Å². The van der Waals surface area contributed by atoms with E-state index in [0.29, 0.717) is 12.0 Å². The Morgan fingerprint density at radius 2 is 2.29 bits per heavy atom. The fraction of sp³-hybridized carbons (Fsp3) is 0.273. The lowest BCUT2D eigenvalue weighted by Gasteiger charge is -2.02. The Balaban J connectivity index is 2.35. The number of halogens is 1. The minimum absolute atomic E-state index is 0.185. The predicted octanol–water partition coefficient (Wildman–Crippen LogP) is 2.55. The van der Waals surface area contributed by atoms with Gasteiger partial charge in [-0.3, -0.25) is 0 Å². The van der Waals surface area contributed by atoms with Crippen LogP contribution in [-0.2, 0) is 10.3 Å². The van der Waals surface area contributed by atoms with Crippen molar-refractivity contribution in [1.82, 2.24) is 4.98 Å². The van der Waals surface area contributed by atoms with Crippen molar-refractivity contribution in [3.05, 3.63) is 35.8 Å². The highest BCUT2D eigenvalue weighted by Crippen LogP contribution is 2.42. The highest BCUT2D eigenvalue weighted by molar-refractivity contribution is 5.85. The monoisotopic (exact) mass is 191 g/mol. The SMILES string of the molecule is CC1(c2c[nH]c3cccc(F)c23)CO1. The van der Waals surface area contributed by atoms with Crippen LogP contribution in [0.4, 0.5) is 4.39 Å². The number of hydrogen-bond acceptors (Lipinski definition) is 1. The van der Waals surface area contributed by atoms with Crippen molar-refractivity contribution < 1.29 is 9.13 Å². The largest absolute Gasteiger partial charge is 0.365 e. The number of H-pyrrole nitrogens is 1. The Hall–Kier alpha value is -1.35. The molecule has 2 nitrogen and oxygen atoms in total. The summed E-state index contributed by atoms with van der Waals surface area (Å²) in [6.07, 6.45) is 1.83. The van der Waals surface area contributed by atoms with Crippen molar-refractivity contribution in [1.29, 1.82) is 0 Å². The number of rotatable bonds is 1. The van der Waals surface area contributed by atoms with E-state index in [1.807, 2.05) is 19.2 Å². The molecule has 1 atom stereocenters. The smallest absolute Gasteiger partial charge is 0.132 e. The Labute approximate surface area is 80.7 Å². The van der Waals surface area contributed by atoms with E-state index < -0.39 is 0 Å². The summed E-state index contributed by atoms with van der Waals surface area (Å²) in [5.41, 5.74) is 1.47. The van der Waals surface area contributed by atoms with E-state index in [2.05, 4.69) is 4.98 Å². The third kappa shape index (κ3) is 0.930. The second kappa shape index (κ2) is 2.36. The summed E-state index contributed by atoms with van der Waals surface area (Å²) < 4.78 is 18.9. The summed E-state index contributed by atoms with van der Waals surface area (Å²) in [4.78, 5) is 3.06. The molecule has 1 saturated heterocycles. The van der Waals surface area contributed by atoms with Gasteiger partial charge in [0.25, 0.3) is 0 Å². The van der Waals surface area contributed by atoms with E-state index in [0.717, 1.165) is 11.1 Å². The third-order valence-electron chi connectivity index (χ3n) is 2.80. The highest BCUT2D eigenvalue weighted by Gasteiger charge is 2.43. The van der Waals surface area contributed by atoms with Crippen molar-refractivity contribution in [2.45, 2.75) is 12.5 Å². The molecule has 1 aromatic heterocycles. The molecule has 1 N–H and O–H groups in total. The van der Waals surface area contributed by atoms with Gasteiger partial charge in [-0.2, -0.15) is 0 Å². The van der Waals surface area contributed by atoms with E-state index in [4.69, 9.17) is 4.74 Å². The van der Waals surface area contributed by atoms with Crippen LogP contribution >= 0.6 is 0 Å². The van der Waals surface area contributed by atoms with Crippen LogP contribution in [0.5, 0.6) is 0 Å². The summed E-state index contributed by atoms with van der Waals surface area (Å²) in [5, 5.41) is 0.660. The van der Waals surface area contributed by atoms with Crippen molar-refractivity contribution in [2.75, 3.05) is 6.61 Å². The summed E-state index contributed by atoms with van der Waals surface area (Å²) in [5.74, 6) is -0.185. The molecule has 1 aliphatic rings. The van der Waals surface area contributed by atoms with E-state index in [9.17, 15) is 4.39 Å². The second-order valence-electron chi connectivity index (χ2n) is 3.88. The summed E-state index contributed by atoms with van der Waals surface area (Å²) >= 11 is 0. The third-order valence-corrected chi connectivity index (χ3v) is 2.80. The fourth-order valence-electron chi connectivity index (χ4n) is 1.82. The zero-order valence-electron chi connectivity index (χ0n) is 7.80. The lowest BCUT2D eigenvalue weighted by molar-refractivity contribution is 0.331.